The Morgan fingerprint density at radius 1 is 1.27 bits per heavy atom. The Bertz CT molecular complexity index is 781. The van der Waals surface area contributed by atoms with Crippen molar-refractivity contribution in [1.82, 2.24) is 0 Å². The third-order valence-electron chi connectivity index (χ3n) is 5.26. The Hall–Kier alpha value is -1.32. The molecule has 1 fully saturated rings. The van der Waals surface area contributed by atoms with Gasteiger partial charge < -0.3 is 20.1 Å². The quantitative estimate of drug-likeness (QED) is 0.347. The number of hydrogen-bond acceptors (Lipinski definition) is 7. The SMILES string of the molecule is O=C(O)CSCCCSC1C(=O)CC(O)[C@@H]1C=CC(O)Cc1ccc2c(c1)COC2. The highest BCUT2D eigenvalue weighted by atomic mass is 32.2. The number of ketones is 1. The zero-order valence-electron chi connectivity index (χ0n) is 16.7. The maximum absolute atomic E-state index is 12.3. The zero-order valence-corrected chi connectivity index (χ0v) is 18.4. The van der Waals surface area contributed by atoms with E-state index < -0.39 is 18.2 Å². The van der Waals surface area contributed by atoms with Crippen molar-refractivity contribution in [3.63, 3.8) is 0 Å². The summed E-state index contributed by atoms with van der Waals surface area (Å²) in [5, 5.41) is 29.0. The van der Waals surface area contributed by atoms with Crippen LogP contribution in [0.5, 0.6) is 0 Å². The van der Waals surface area contributed by atoms with E-state index in [1.807, 2.05) is 12.1 Å². The van der Waals surface area contributed by atoms with Gasteiger partial charge in [0, 0.05) is 18.8 Å². The fourth-order valence-electron chi connectivity index (χ4n) is 3.76. The Morgan fingerprint density at radius 3 is 2.87 bits per heavy atom. The molecule has 4 atom stereocenters. The van der Waals surface area contributed by atoms with Gasteiger partial charge in [0.1, 0.15) is 5.78 Å². The highest BCUT2D eigenvalue weighted by Gasteiger charge is 2.40. The molecule has 1 aromatic rings. The minimum atomic E-state index is -0.821. The first-order valence-electron chi connectivity index (χ1n) is 10.1. The molecule has 8 heteroatoms. The third kappa shape index (κ3) is 6.59. The predicted molar refractivity (Wildman–Crippen MR) is 119 cm³/mol. The molecule has 3 rings (SSSR count). The number of ether oxygens (including phenoxy) is 1. The van der Waals surface area contributed by atoms with Crippen LogP contribution in [0.4, 0.5) is 0 Å². The fourth-order valence-corrected chi connectivity index (χ4v) is 5.95. The topological polar surface area (TPSA) is 104 Å². The van der Waals surface area contributed by atoms with Gasteiger partial charge in [-0.25, -0.2) is 0 Å². The number of carboxylic acid groups (broad SMARTS) is 1. The van der Waals surface area contributed by atoms with Crippen molar-refractivity contribution in [3.05, 3.63) is 47.0 Å². The first kappa shape index (κ1) is 23.3. The van der Waals surface area contributed by atoms with Gasteiger partial charge in [-0.15, -0.1) is 11.8 Å². The number of hydrogen-bond donors (Lipinski definition) is 3. The third-order valence-corrected chi connectivity index (χ3v) is 7.75. The minimum Gasteiger partial charge on any atom is -0.481 e. The number of thioether (sulfide) groups is 2. The highest BCUT2D eigenvalue weighted by Crippen LogP contribution is 2.34. The normalized spacial score (nSPS) is 24.5. The van der Waals surface area contributed by atoms with Gasteiger partial charge in [-0.1, -0.05) is 30.4 Å². The molecule has 164 valence electrons. The number of carboxylic acids is 1. The molecule has 0 amide bonds. The number of Topliss-reactive ketones (excluding diaryl/α,β-unsaturated/α-hetero) is 1. The first-order valence-corrected chi connectivity index (χ1v) is 12.3. The van der Waals surface area contributed by atoms with Crippen molar-refractivity contribution in [2.75, 3.05) is 17.3 Å². The monoisotopic (exact) mass is 452 g/mol. The molecule has 3 unspecified atom stereocenters. The predicted octanol–water partition coefficient (Wildman–Crippen LogP) is 2.44. The van der Waals surface area contributed by atoms with Gasteiger partial charge in [0.05, 0.1) is 36.4 Å². The molecule has 0 spiro atoms. The number of carbonyl (C=O) groups is 2. The van der Waals surface area contributed by atoms with Crippen LogP contribution in [0.15, 0.2) is 30.4 Å². The van der Waals surface area contributed by atoms with Gasteiger partial charge in [-0.05, 0) is 34.6 Å². The molecule has 6 nitrogen and oxygen atoms in total. The zero-order chi connectivity index (χ0) is 21.5. The van der Waals surface area contributed by atoms with Crippen molar-refractivity contribution < 1.29 is 29.6 Å². The van der Waals surface area contributed by atoms with Gasteiger partial charge in [0.15, 0.2) is 0 Å². The van der Waals surface area contributed by atoms with E-state index in [-0.39, 0.29) is 29.1 Å². The number of aliphatic hydroxyl groups is 2. The summed E-state index contributed by atoms with van der Waals surface area (Å²) in [6.07, 6.45) is 3.48. The first-order chi connectivity index (χ1) is 14.4. The lowest BCUT2D eigenvalue weighted by molar-refractivity contribution is -0.133. The Kier molecular flexibility index (Phi) is 8.83. The van der Waals surface area contributed by atoms with Crippen molar-refractivity contribution >= 4 is 35.3 Å². The van der Waals surface area contributed by atoms with Gasteiger partial charge in [0.25, 0.3) is 0 Å². The van der Waals surface area contributed by atoms with E-state index in [1.165, 1.54) is 34.7 Å². The summed E-state index contributed by atoms with van der Waals surface area (Å²) in [6, 6.07) is 6.10. The van der Waals surface area contributed by atoms with Crippen LogP contribution in [0.1, 0.15) is 29.5 Å². The van der Waals surface area contributed by atoms with E-state index in [9.17, 15) is 19.8 Å². The average molecular weight is 453 g/mol. The maximum atomic E-state index is 12.3. The van der Waals surface area contributed by atoms with Gasteiger partial charge in [-0.2, -0.15) is 11.8 Å². The molecule has 3 N–H and O–H groups in total. The second-order valence-corrected chi connectivity index (χ2v) is 10.0. The van der Waals surface area contributed by atoms with E-state index in [0.29, 0.717) is 19.6 Å². The lowest BCUT2D eigenvalue weighted by Gasteiger charge is -2.17. The molecule has 30 heavy (non-hydrogen) atoms. The molecule has 1 saturated carbocycles. The minimum absolute atomic E-state index is 0.0356. The number of carbonyl (C=O) groups excluding carboxylic acids is 1. The molecule has 0 saturated heterocycles. The fraction of sp³-hybridized carbons (Fsp3) is 0.545. The number of fused-ring (bicyclic) bond motifs is 1. The van der Waals surface area contributed by atoms with Crippen LogP contribution >= 0.6 is 23.5 Å². The highest BCUT2D eigenvalue weighted by molar-refractivity contribution is 8.01. The van der Waals surface area contributed by atoms with Crippen LogP contribution in [0.2, 0.25) is 0 Å². The lowest BCUT2D eigenvalue weighted by atomic mass is 10.00. The lowest BCUT2D eigenvalue weighted by Crippen LogP contribution is -2.22. The molecular formula is C22H28O6S2. The second kappa shape index (κ2) is 11.3. The van der Waals surface area contributed by atoms with E-state index in [2.05, 4.69) is 6.07 Å². The van der Waals surface area contributed by atoms with Gasteiger partial charge >= 0.3 is 5.97 Å². The molecule has 2 aliphatic rings. The average Bonchev–Trinajstić information content (AvgIpc) is 3.26. The molecule has 0 bridgehead atoms. The molecular weight excluding hydrogens is 424 g/mol. The standard InChI is InChI=1S/C22H28O6S2/c23-17(9-14-2-3-15-11-28-12-16(15)8-14)4-5-18-19(24)10-20(25)22(18)30-7-1-6-29-13-21(26)27/h2-5,8,17-19,22-24H,1,6-7,9-13H2,(H,26,27)/t17?,18-,19?,22?/m0/s1. The van der Waals surface area contributed by atoms with Crippen LogP contribution < -0.4 is 0 Å². The molecule has 0 radical (unpaired) electrons. The van der Waals surface area contributed by atoms with Gasteiger partial charge in [-0.3, -0.25) is 9.59 Å². The summed E-state index contributed by atoms with van der Waals surface area (Å²) in [5.74, 6) is 0.462. The second-order valence-electron chi connectivity index (χ2n) is 7.66. The van der Waals surface area contributed by atoms with Crippen molar-refractivity contribution in [2.45, 2.75) is 49.9 Å². The number of aliphatic carboxylic acids is 1. The van der Waals surface area contributed by atoms with Crippen LogP contribution in [-0.2, 0) is 34.0 Å². The number of rotatable bonds is 11. The van der Waals surface area contributed by atoms with Crippen LogP contribution in [0.3, 0.4) is 0 Å². The Balaban J connectivity index is 1.49. The van der Waals surface area contributed by atoms with Crippen molar-refractivity contribution in [2.24, 2.45) is 5.92 Å². The van der Waals surface area contributed by atoms with E-state index >= 15 is 0 Å². The van der Waals surface area contributed by atoms with E-state index in [1.54, 1.807) is 12.2 Å². The summed E-state index contributed by atoms with van der Waals surface area (Å²) >= 11 is 2.88. The molecule has 1 aromatic carbocycles. The molecule has 1 aliphatic carbocycles. The van der Waals surface area contributed by atoms with E-state index in [0.717, 1.165) is 23.5 Å². The number of aliphatic hydroxyl groups excluding tert-OH is 2. The Morgan fingerprint density at radius 2 is 2.07 bits per heavy atom. The smallest absolute Gasteiger partial charge is 0.313 e. The Labute approximate surface area is 185 Å². The van der Waals surface area contributed by atoms with Crippen LogP contribution in [0, 0.1) is 5.92 Å². The summed E-state index contributed by atoms with van der Waals surface area (Å²) in [4.78, 5) is 22.8. The van der Waals surface area contributed by atoms with Crippen LogP contribution in [0.25, 0.3) is 0 Å². The van der Waals surface area contributed by atoms with Crippen molar-refractivity contribution in [1.29, 1.82) is 0 Å². The number of benzene rings is 1. The summed E-state index contributed by atoms with van der Waals surface area (Å²) in [7, 11) is 0. The summed E-state index contributed by atoms with van der Waals surface area (Å²) < 4.78 is 5.42. The summed E-state index contributed by atoms with van der Waals surface area (Å²) in [6.45, 7) is 1.25. The van der Waals surface area contributed by atoms with Crippen LogP contribution in [-0.4, -0.2) is 61.8 Å². The van der Waals surface area contributed by atoms with E-state index in [4.69, 9.17) is 9.84 Å². The maximum Gasteiger partial charge on any atom is 0.313 e. The van der Waals surface area contributed by atoms with Crippen molar-refractivity contribution in [3.8, 4) is 0 Å². The summed E-state index contributed by atoms with van der Waals surface area (Å²) in [5.41, 5.74) is 3.39. The molecule has 1 aliphatic heterocycles. The largest absolute Gasteiger partial charge is 0.481 e. The molecule has 0 aromatic heterocycles. The van der Waals surface area contributed by atoms with Gasteiger partial charge in [0.2, 0.25) is 0 Å². The molecule has 1 heterocycles.